The molecule has 0 bridgehead atoms. The molecule has 2 aliphatic carbocycles. The molecule has 4 heteroatoms. The average Bonchev–Trinajstić information content (AvgIpc) is 1.91. The number of hydrogen-bond acceptors (Lipinski definition) is 2. The third-order valence-electron chi connectivity index (χ3n) is 3.11. The number of carbonyl (C=O) groups excluding carboxylic acids is 1. The Kier molecular flexibility index (Phi) is 1.82. The minimum atomic E-state index is -2.42. The van der Waals surface area contributed by atoms with Crippen molar-refractivity contribution >= 4 is 6.47 Å². The Bertz CT molecular complexity index is 212. The van der Waals surface area contributed by atoms with Crippen molar-refractivity contribution in [2.75, 3.05) is 6.61 Å². The van der Waals surface area contributed by atoms with E-state index in [0.29, 0.717) is 19.0 Å². The maximum Gasteiger partial charge on any atom is 0.293 e. The van der Waals surface area contributed by atoms with Gasteiger partial charge in [-0.25, -0.2) is 8.78 Å². The highest BCUT2D eigenvalue weighted by molar-refractivity contribution is 5.36. The van der Waals surface area contributed by atoms with Gasteiger partial charge >= 0.3 is 0 Å². The molecule has 0 aliphatic heterocycles. The molecule has 2 rings (SSSR count). The summed E-state index contributed by atoms with van der Waals surface area (Å²) in [5, 5.41) is 0. The van der Waals surface area contributed by atoms with Gasteiger partial charge in [0.1, 0.15) is 0 Å². The number of halogens is 2. The van der Waals surface area contributed by atoms with Crippen LogP contribution in [-0.2, 0) is 9.53 Å². The molecule has 0 aromatic heterocycles. The standard InChI is InChI=1S/C9H12F2O2/c10-9(11)4-8(5-9)1-7(2-8)3-13-6-12/h6-7H,1-5H2. The van der Waals surface area contributed by atoms with Crippen LogP contribution in [0.15, 0.2) is 0 Å². The zero-order chi connectivity index (χ0) is 9.53. The highest BCUT2D eigenvalue weighted by atomic mass is 19.3. The van der Waals surface area contributed by atoms with E-state index in [1.54, 1.807) is 0 Å². The van der Waals surface area contributed by atoms with Gasteiger partial charge in [0.2, 0.25) is 5.92 Å². The summed E-state index contributed by atoms with van der Waals surface area (Å²) in [7, 11) is 0. The first-order chi connectivity index (χ1) is 6.05. The molecule has 1 spiro atoms. The van der Waals surface area contributed by atoms with Crippen LogP contribution in [0.1, 0.15) is 25.7 Å². The second-order valence-corrected chi connectivity index (χ2v) is 4.41. The summed E-state index contributed by atoms with van der Waals surface area (Å²) in [6, 6.07) is 0. The Morgan fingerprint density at radius 2 is 2.00 bits per heavy atom. The van der Waals surface area contributed by atoms with Crippen LogP contribution in [0.4, 0.5) is 8.78 Å². The molecule has 2 fully saturated rings. The summed E-state index contributed by atoms with van der Waals surface area (Å²) in [5.41, 5.74) is -0.0968. The van der Waals surface area contributed by atoms with Crippen LogP contribution in [-0.4, -0.2) is 19.0 Å². The van der Waals surface area contributed by atoms with Gasteiger partial charge in [-0.15, -0.1) is 0 Å². The molecule has 2 saturated carbocycles. The van der Waals surface area contributed by atoms with Crippen molar-refractivity contribution in [3.05, 3.63) is 0 Å². The summed E-state index contributed by atoms with van der Waals surface area (Å²) < 4.78 is 29.7. The fourth-order valence-electron chi connectivity index (χ4n) is 2.79. The van der Waals surface area contributed by atoms with E-state index in [0.717, 1.165) is 12.8 Å². The summed E-state index contributed by atoms with van der Waals surface area (Å²) in [6.45, 7) is 0.817. The van der Waals surface area contributed by atoms with Crippen molar-refractivity contribution in [1.29, 1.82) is 0 Å². The van der Waals surface area contributed by atoms with E-state index < -0.39 is 5.92 Å². The van der Waals surface area contributed by atoms with Gasteiger partial charge in [0.05, 0.1) is 6.61 Å². The van der Waals surface area contributed by atoms with E-state index in [4.69, 9.17) is 0 Å². The Balaban J connectivity index is 1.71. The van der Waals surface area contributed by atoms with Crippen LogP contribution >= 0.6 is 0 Å². The first-order valence-corrected chi connectivity index (χ1v) is 4.48. The second kappa shape index (κ2) is 2.66. The molecule has 0 amide bonds. The van der Waals surface area contributed by atoms with E-state index in [1.807, 2.05) is 0 Å². The fourth-order valence-corrected chi connectivity index (χ4v) is 2.79. The van der Waals surface area contributed by atoms with Gasteiger partial charge in [-0.05, 0) is 24.2 Å². The minimum Gasteiger partial charge on any atom is -0.468 e. The SMILES string of the molecule is O=COCC1CC2(C1)CC(F)(F)C2. The number of carbonyl (C=O) groups is 1. The zero-order valence-corrected chi connectivity index (χ0v) is 7.26. The highest BCUT2D eigenvalue weighted by Crippen LogP contribution is 2.64. The predicted octanol–water partition coefficient (Wildman–Crippen LogP) is 1.98. The van der Waals surface area contributed by atoms with E-state index in [1.165, 1.54) is 0 Å². The van der Waals surface area contributed by atoms with Gasteiger partial charge in [-0.1, -0.05) is 0 Å². The number of rotatable bonds is 3. The number of hydrogen-bond donors (Lipinski definition) is 0. The Morgan fingerprint density at radius 1 is 1.38 bits per heavy atom. The monoisotopic (exact) mass is 190 g/mol. The third-order valence-corrected chi connectivity index (χ3v) is 3.11. The molecular formula is C9H12F2O2. The van der Waals surface area contributed by atoms with Crippen molar-refractivity contribution in [2.24, 2.45) is 11.3 Å². The molecule has 0 N–H and O–H groups in total. The lowest BCUT2D eigenvalue weighted by molar-refractivity contribution is -0.211. The minimum absolute atomic E-state index is 0.0393. The van der Waals surface area contributed by atoms with Crippen LogP contribution in [0, 0.1) is 11.3 Å². The maximum atomic E-state index is 12.5. The molecule has 0 heterocycles. The quantitative estimate of drug-likeness (QED) is 0.636. The van der Waals surface area contributed by atoms with Crippen molar-refractivity contribution in [1.82, 2.24) is 0 Å². The van der Waals surface area contributed by atoms with Crippen LogP contribution in [0.3, 0.4) is 0 Å². The second-order valence-electron chi connectivity index (χ2n) is 4.41. The smallest absolute Gasteiger partial charge is 0.293 e. The first kappa shape index (κ1) is 8.91. The van der Waals surface area contributed by atoms with E-state index in [9.17, 15) is 13.6 Å². The number of alkyl halides is 2. The molecule has 0 unspecified atom stereocenters. The fraction of sp³-hybridized carbons (Fsp3) is 0.889. The van der Waals surface area contributed by atoms with Crippen LogP contribution < -0.4 is 0 Å². The first-order valence-electron chi connectivity index (χ1n) is 4.48. The van der Waals surface area contributed by atoms with Crippen molar-refractivity contribution in [3.63, 3.8) is 0 Å². The lowest BCUT2D eigenvalue weighted by atomic mass is 9.50. The Hall–Kier alpha value is -0.670. The molecule has 0 aromatic rings. The highest BCUT2D eigenvalue weighted by Gasteiger charge is 2.61. The molecule has 74 valence electrons. The zero-order valence-electron chi connectivity index (χ0n) is 7.26. The molecule has 13 heavy (non-hydrogen) atoms. The average molecular weight is 190 g/mol. The van der Waals surface area contributed by atoms with Gasteiger partial charge in [-0.3, -0.25) is 4.79 Å². The van der Waals surface area contributed by atoms with E-state index >= 15 is 0 Å². The molecule has 2 nitrogen and oxygen atoms in total. The summed E-state index contributed by atoms with van der Waals surface area (Å²) in [5.74, 6) is -2.10. The molecule has 0 aromatic carbocycles. The number of ether oxygens (including phenoxy) is 1. The van der Waals surface area contributed by atoms with Crippen molar-refractivity contribution in [2.45, 2.75) is 31.6 Å². The molecule has 0 saturated heterocycles. The molecule has 2 aliphatic rings. The van der Waals surface area contributed by atoms with Gasteiger partial charge in [0.25, 0.3) is 6.47 Å². The summed E-state index contributed by atoms with van der Waals surface area (Å²) in [4.78, 5) is 9.86. The van der Waals surface area contributed by atoms with Gasteiger partial charge < -0.3 is 4.74 Å². The summed E-state index contributed by atoms with van der Waals surface area (Å²) in [6.07, 6.45) is 1.68. The molecule has 0 atom stereocenters. The van der Waals surface area contributed by atoms with Gasteiger partial charge in [0.15, 0.2) is 0 Å². The summed E-state index contributed by atoms with van der Waals surface area (Å²) >= 11 is 0. The predicted molar refractivity (Wildman–Crippen MR) is 41.4 cm³/mol. The van der Waals surface area contributed by atoms with Crippen LogP contribution in [0.5, 0.6) is 0 Å². The lowest BCUT2D eigenvalue weighted by Gasteiger charge is -2.57. The largest absolute Gasteiger partial charge is 0.468 e. The lowest BCUT2D eigenvalue weighted by Crippen LogP contribution is -2.54. The Labute approximate surface area is 75.3 Å². The van der Waals surface area contributed by atoms with Gasteiger partial charge in [-0.2, -0.15) is 0 Å². The molecular weight excluding hydrogens is 178 g/mol. The van der Waals surface area contributed by atoms with Crippen molar-refractivity contribution in [3.8, 4) is 0 Å². The normalized spacial score (nSPS) is 29.1. The van der Waals surface area contributed by atoms with E-state index in [2.05, 4.69) is 4.74 Å². The topological polar surface area (TPSA) is 26.3 Å². The maximum absolute atomic E-state index is 12.5. The Morgan fingerprint density at radius 3 is 2.46 bits per heavy atom. The van der Waals surface area contributed by atoms with Crippen molar-refractivity contribution < 1.29 is 18.3 Å². The van der Waals surface area contributed by atoms with Gasteiger partial charge in [0, 0.05) is 12.8 Å². The van der Waals surface area contributed by atoms with Crippen LogP contribution in [0.2, 0.25) is 0 Å². The molecule has 0 radical (unpaired) electrons. The van der Waals surface area contributed by atoms with Crippen LogP contribution in [0.25, 0.3) is 0 Å². The van der Waals surface area contributed by atoms with E-state index in [-0.39, 0.29) is 18.3 Å². The third kappa shape index (κ3) is 1.54.